The van der Waals surface area contributed by atoms with Gasteiger partial charge in [0.15, 0.2) is 5.58 Å². The van der Waals surface area contributed by atoms with Gasteiger partial charge in [0.1, 0.15) is 17.1 Å². The lowest BCUT2D eigenvalue weighted by Gasteiger charge is -2.09. The van der Waals surface area contributed by atoms with Gasteiger partial charge in [0, 0.05) is 15.7 Å². The summed E-state index contributed by atoms with van der Waals surface area (Å²) in [6.45, 7) is 0. The highest BCUT2D eigenvalue weighted by Crippen LogP contribution is 2.28. The molecule has 1 heterocycles. The lowest BCUT2D eigenvalue weighted by Crippen LogP contribution is -2.13. The number of hydrogen-bond acceptors (Lipinski definition) is 4. The van der Waals surface area contributed by atoms with E-state index < -0.39 is 0 Å². The quantitative estimate of drug-likeness (QED) is 0.444. The van der Waals surface area contributed by atoms with Gasteiger partial charge in [-0.25, -0.2) is 9.37 Å². The molecule has 7 heteroatoms. The molecule has 0 spiro atoms. The maximum absolute atomic E-state index is 13.1. The first-order valence-corrected chi connectivity index (χ1v) is 9.14. The van der Waals surface area contributed by atoms with Crippen LogP contribution in [0.25, 0.3) is 22.6 Å². The second-order valence-electron chi connectivity index (χ2n) is 6.01. The fourth-order valence-corrected chi connectivity index (χ4v) is 3.14. The van der Waals surface area contributed by atoms with Crippen molar-refractivity contribution in [3.63, 3.8) is 0 Å². The molecule has 0 radical (unpaired) electrons. The van der Waals surface area contributed by atoms with E-state index in [1.54, 1.807) is 48.5 Å². The number of ether oxygens (including phenoxy) is 1. The standard InChI is InChI=1S/C21H14BrFN2O3/c1-27-18-8-4-13(22)10-16(18)20(26)24-15-7-9-19-17(11-15)25-21(28-19)12-2-5-14(23)6-3-12/h2-11H,1H3,(H,24,26). The van der Waals surface area contributed by atoms with Crippen molar-refractivity contribution in [3.8, 4) is 17.2 Å². The summed E-state index contributed by atoms with van der Waals surface area (Å²) in [5.41, 5.74) is 2.79. The summed E-state index contributed by atoms with van der Waals surface area (Å²) < 4.78 is 24.8. The van der Waals surface area contributed by atoms with Crippen molar-refractivity contribution in [2.24, 2.45) is 0 Å². The number of methoxy groups -OCH3 is 1. The molecule has 140 valence electrons. The van der Waals surface area contributed by atoms with Crippen LogP contribution in [0, 0.1) is 5.82 Å². The third kappa shape index (κ3) is 3.61. The van der Waals surface area contributed by atoms with E-state index in [0.717, 1.165) is 4.47 Å². The lowest BCUT2D eigenvalue weighted by atomic mass is 10.2. The average molecular weight is 441 g/mol. The van der Waals surface area contributed by atoms with E-state index in [4.69, 9.17) is 9.15 Å². The Kier molecular flexibility index (Phi) is 4.83. The summed E-state index contributed by atoms with van der Waals surface area (Å²) in [7, 11) is 1.51. The zero-order valence-corrected chi connectivity index (χ0v) is 16.3. The van der Waals surface area contributed by atoms with E-state index in [0.29, 0.717) is 39.6 Å². The van der Waals surface area contributed by atoms with E-state index in [1.807, 2.05) is 0 Å². The van der Waals surface area contributed by atoms with Crippen molar-refractivity contribution in [1.29, 1.82) is 0 Å². The SMILES string of the molecule is COc1ccc(Br)cc1C(=O)Nc1ccc2oc(-c3ccc(F)cc3)nc2c1. The molecule has 1 aromatic heterocycles. The van der Waals surface area contributed by atoms with E-state index in [1.165, 1.54) is 19.2 Å². The van der Waals surface area contributed by atoms with Crippen LogP contribution in [0.3, 0.4) is 0 Å². The third-order valence-corrected chi connectivity index (χ3v) is 4.64. The van der Waals surface area contributed by atoms with Gasteiger partial charge in [0.05, 0.1) is 12.7 Å². The number of benzene rings is 3. The van der Waals surface area contributed by atoms with Gasteiger partial charge >= 0.3 is 0 Å². The van der Waals surface area contributed by atoms with Crippen LogP contribution in [0.5, 0.6) is 5.75 Å². The van der Waals surface area contributed by atoms with Crippen LogP contribution in [0.1, 0.15) is 10.4 Å². The summed E-state index contributed by atoms with van der Waals surface area (Å²) in [5, 5.41) is 2.84. The maximum Gasteiger partial charge on any atom is 0.259 e. The number of halogens is 2. The van der Waals surface area contributed by atoms with Crippen LogP contribution in [-0.2, 0) is 0 Å². The number of carbonyl (C=O) groups excluding carboxylic acids is 1. The Labute approximate surface area is 168 Å². The first-order chi connectivity index (χ1) is 13.5. The second-order valence-corrected chi connectivity index (χ2v) is 6.92. The molecule has 0 unspecified atom stereocenters. The Morgan fingerprint density at radius 2 is 1.89 bits per heavy atom. The molecule has 4 rings (SSSR count). The van der Waals surface area contributed by atoms with Crippen molar-refractivity contribution in [3.05, 3.63) is 76.5 Å². The summed E-state index contributed by atoms with van der Waals surface area (Å²) in [6, 6.07) is 16.3. The molecule has 3 aromatic carbocycles. The van der Waals surface area contributed by atoms with Gasteiger partial charge in [0.25, 0.3) is 5.91 Å². The number of carbonyl (C=O) groups is 1. The number of hydrogen-bond donors (Lipinski definition) is 1. The first kappa shape index (κ1) is 18.2. The molecule has 0 bridgehead atoms. The van der Waals surface area contributed by atoms with E-state index in [9.17, 15) is 9.18 Å². The fourth-order valence-electron chi connectivity index (χ4n) is 2.78. The normalized spacial score (nSPS) is 10.8. The Balaban J connectivity index is 1.62. The minimum Gasteiger partial charge on any atom is -0.496 e. The van der Waals surface area contributed by atoms with Crippen LogP contribution in [0.15, 0.2) is 69.6 Å². The number of rotatable bonds is 4. The molecule has 28 heavy (non-hydrogen) atoms. The Bertz CT molecular complexity index is 1170. The largest absolute Gasteiger partial charge is 0.496 e. The highest BCUT2D eigenvalue weighted by molar-refractivity contribution is 9.10. The summed E-state index contributed by atoms with van der Waals surface area (Å²) in [5.74, 6) is 0.224. The van der Waals surface area contributed by atoms with Crippen molar-refractivity contribution < 1.29 is 18.3 Å². The highest BCUT2D eigenvalue weighted by atomic mass is 79.9. The molecular weight excluding hydrogens is 427 g/mol. The number of fused-ring (bicyclic) bond motifs is 1. The van der Waals surface area contributed by atoms with Crippen LogP contribution in [0.2, 0.25) is 0 Å². The predicted octanol–water partition coefficient (Wildman–Crippen LogP) is 5.66. The van der Waals surface area contributed by atoms with Crippen LogP contribution in [0.4, 0.5) is 10.1 Å². The number of amides is 1. The molecule has 5 nitrogen and oxygen atoms in total. The fraction of sp³-hybridized carbons (Fsp3) is 0.0476. The number of nitrogens with one attached hydrogen (secondary N) is 1. The smallest absolute Gasteiger partial charge is 0.259 e. The van der Waals surface area contributed by atoms with Crippen LogP contribution >= 0.6 is 15.9 Å². The lowest BCUT2D eigenvalue weighted by molar-refractivity contribution is 0.102. The molecule has 1 amide bonds. The van der Waals surface area contributed by atoms with Gasteiger partial charge in [-0.3, -0.25) is 4.79 Å². The Hall–Kier alpha value is -3.19. The Morgan fingerprint density at radius 3 is 2.64 bits per heavy atom. The molecule has 0 atom stereocenters. The molecule has 0 saturated carbocycles. The molecular formula is C21H14BrFN2O3. The third-order valence-electron chi connectivity index (χ3n) is 4.14. The molecule has 1 N–H and O–H groups in total. The van der Waals surface area contributed by atoms with Gasteiger partial charge in [-0.1, -0.05) is 15.9 Å². The molecule has 0 saturated heterocycles. The molecule has 0 aliphatic rings. The number of anilines is 1. The summed E-state index contributed by atoms with van der Waals surface area (Å²) in [4.78, 5) is 17.1. The summed E-state index contributed by atoms with van der Waals surface area (Å²) in [6.07, 6.45) is 0. The van der Waals surface area contributed by atoms with E-state index in [-0.39, 0.29) is 11.7 Å². The van der Waals surface area contributed by atoms with Crippen molar-refractivity contribution in [2.75, 3.05) is 12.4 Å². The number of oxazole rings is 1. The van der Waals surface area contributed by atoms with Crippen LogP contribution in [-0.4, -0.2) is 18.0 Å². The highest BCUT2D eigenvalue weighted by Gasteiger charge is 2.14. The van der Waals surface area contributed by atoms with Gasteiger partial charge in [-0.05, 0) is 60.7 Å². The van der Waals surface area contributed by atoms with Crippen molar-refractivity contribution in [2.45, 2.75) is 0 Å². The van der Waals surface area contributed by atoms with Gasteiger partial charge in [-0.2, -0.15) is 0 Å². The van der Waals surface area contributed by atoms with Crippen molar-refractivity contribution in [1.82, 2.24) is 4.98 Å². The first-order valence-electron chi connectivity index (χ1n) is 8.35. The zero-order valence-electron chi connectivity index (χ0n) is 14.7. The minimum absolute atomic E-state index is 0.306. The predicted molar refractivity (Wildman–Crippen MR) is 108 cm³/mol. The minimum atomic E-state index is -0.326. The zero-order chi connectivity index (χ0) is 19.7. The second kappa shape index (κ2) is 7.44. The topological polar surface area (TPSA) is 64.4 Å². The number of nitrogens with zero attached hydrogens (tertiary/aromatic N) is 1. The molecule has 0 fully saturated rings. The number of aromatic nitrogens is 1. The van der Waals surface area contributed by atoms with Gasteiger partial charge in [0.2, 0.25) is 5.89 Å². The van der Waals surface area contributed by atoms with Gasteiger partial charge in [-0.15, -0.1) is 0 Å². The maximum atomic E-state index is 13.1. The molecule has 0 aliphatic carbocycles. The molecule has 4 aromatic rings. The van der Waals surface area contributed by atoms with E-state index in [2.05, 4.69) is 26.2 Å². The molecule has 0 aliphatic heterocycles. The van der Waals surface area contributed by atoms with Crippen molar-refractivity contribution >= 4 is 38.6 Å². The van der Waals surface area contributed by atoms with Gasteiger partial charge < -0.3 is 14.5 Å². The summed E-state index contributed by atoms with van der Waals surface area (Å²) >= 11 is 3.36. The Morgan fingerprint density at radius 1 is 1.11 bits per heavy atom. The average Bonchev–Trinajstić information content (AvgIpc) is 3.11. The van der Waals surface area contributed by atoms with Crippen LogP contribution < -0.4 is 10.1 Å². The monoisotopic (exact) mass is 440 g/mol. The van der Waals surface area contributed by atoms with E-state index >= 15 is 0 Å².